The van der Waals surface area contributed by atoms with Gasteiger partial charge in [0.25, 0.3) is 0 Å². The van der Waals surface area contributed by atoms with Crippen LogP contribution in [0.1, 0.15) is 25.0 Å². The van der Waals surface area contributed by atoms with Gasteiger partial charge >= 0.3 is 0 Å². The molecule has 0 unspecified atom stereocenters. The molecule has 0 aliphatic rings. The lowest BCUT2D eigenvalue weighted by Crippen LogP contribution is -2.19. The summed E-state index contributed by atoms with van der Waals surface area (Å²) < 4.78 is 5.10. The van der Waals surface area contributed by atoms with Crippen LogP contribution in [0.4, 0.5) is 0 Å². The first-order chi connectivity index (χ1) is 6.60. The summed E-state index contributed by atoms with van der Waals surface area (Å²) in [5, 5.41) is 0. The van der Waals surface area contributed by atoms with E-state index in [-0.39, 0.29) is 5.41 Å². The fourth-order valence-electron chi connectivity index (χ4n) is 1.33. The highest BCUT2D eigenvalue weighted by molar-refractivity contribution is 6.18. The van der Waals surface area contributed by atoms with E-state index in [2.05, 4.69) is 38.1 Å². The van der Waals surface area contributed by atoms with Gasteiger partial charge in [-0.3, -0.25) is 0 Å². The molecule has 0 saturated heterocycles. The van der Waals surface area contributed by atoms with Crippen LogP contribution in [0.25, 0.3) is 0 Å². The van der Waals surface area contributed by atoms with Crippen molar-refractivity contribution in [1.29, 1.82) is 0 Å². The Balaban J connectivity index is 2.93. The maximum absolute atomic E-state index is 5.93. The average Bonchev–Trinajstić information content (AvgIpc) is 2.19. The molecule has 1 nitrogen and oxygen atoms in total. The van der Waals surface area contributed by atoms with Crippen molar-refractivity contribution >= 4 is 11.6 Å². The molecule has 0 radical (unpaired) electrons. The second-order valence-corrected chi connectivity index (χ2v) is 4.42. The van der Waals surface area contributed by atoms with Gasteiger partial charge in [-0.25, -0.2) is 0 Å². The summed E-state index contributed by atoms with van der Waals surface area (Å²) in [5.74, 6) is 0.628. The molecule has 0 bridgehead atoms. The molecule has 0 aliphatic carbocycles. The molecule has 1 rings (SSSR count). The molecular formula is C12H17ClO. The summed E-state index contributed by atoms with van der Waals surface area (Å²) in [5.41, 5.74) is 2.50. The molecule has 1 aromatic rings. The van der Waals surface area contributed by atoms with Crippen molar-refractivity contribution in [1.82, 2.24) is 0 Å². The van der Waals surface area contributed by atoms with E-state index < -0.39 is 0 Å². The highest BCUT2D eigenvalue weighted by Crippen LogP contribution is 2.25. The second kappa shape index (κ2) is 4.81. The lowest BCUT2D eigenvalue weighted by molar-refractivity contribution is 0.185. The molecular weight excluding hydrogens is 196 g/mol. The molecule has 0 amide bonds. The molecule has 0 heterocycles. The van der Waals surface area contributed by atoms with Crippen molar-refractivity contribution in [2.75, 3.05) is 13.0 Å². The molecule has 2 heteroatoms. The normalized spacial score (nSPS) is 11.7. The zero-order valence-electron chi connectivity index (χ0n) is 9.01. The summed E-state index contributed by atoms with van der Waals surface area (Å²) in [4.78, 5) is 0. The minimum Gasteiger partial charge on any atom is -0.380 e. The Labute approximate surface area is 91.0 Å². The fourth-order valence-corrected chi connectivity index (χ4v) is 1.48. The number of halogens is 1. The Morgan fingerprint density at radius 1 is 1.36 bits per heavy atom. The van der Waals surface area contributed by atoms with Crippen molar-refractivity contribution in [2.24, 2.45) is 0 Å². The van der Waals surface area contributed by atoms with Crippen molar-refractivity contribution in [2.45, 2.75) is 25.9 Å². The predicted octanol–water partition coefficient (Wildman–Crippen LogP) is 3.35. The molecule has 78 valence electrons. The van der Waals surface area contributed by atoms with Gasteiger partial charge in [-0.15, -0.1) is 11.6 Å². The molecule has 0 aliphatic heterocycles. The Kier molecular flexibility index (Phi) is 3.97. The van der Waals surface area contributed by atoms with Gasteiger partial charge in [0.15, 0.2) is 0 Å². The summed E-state index contributed by atoms with van der Waals surface area (Å²) in [7, 11) is 1.71. The third kappa shape index (κ3) is 2.73. The average molecular weight is 213 g/mol. The number of hydrogen-bond donors (Lipinski definition) is 0. The number of hydrogen-bond acceptors (Lipinski definition) is 1. The van der Waals surface area contributed by atoms with E-state index in [1.54, 1.807) is 7.11 Å². The van der Waals surface area contributed by atoms with E-state index in [0.717, 1.165) is 0 Å². The summed E-state index contributed by atoms with van der Waals surface area (Å²) >= 11 is 5.93. The smallest absolute Gasteiger partial charge is 0.0713 e. The fraction of sp³-hybridized carbons (Fsp3) is 0.500. The van der Waals surface area contributed by atoms with Crippen molar-refractivity contribution in [3.05, 3.63) is 35.4 Å². The van der Waals surface area contributed by atoms with Crippen LogP contribution in [0, 0.1) is 0 Å². The van der Waals surface area contributed by atoms with Gasteiger partial charge in [-0.2, -0.15) is 0 Å². The quantitative estimate of drug-likeness (QED) is 0.696. The van der Waals surface area contributed by atoms with Gasteiger partial charge in [-0.1, -0.05) is 38.1 Å². The predicted molar refractivity (Wildman–Crippen MR) is 60.9 cm³/mol. The molecule has 1 aromatic carbocycles. The molecule has 0 fully saturated rings. The van der Waals surface area contributed by atoms with Crippen LogP contribution in [0.5, 0.6) is 0 Å². The molecule has 0 saturated carbocycles. The maximum atomic E-state index is 5.93. The van der Waals surface area contributed by atoms with Gasteiger partial charge in [-0.05, 0) is 11.1 Å². The molecule has 0 atom stereocenters. The van der Waals surface area contributed by atoms with Gasteiger partial charge in [0.05, 0.1) is 6.61 Å². The first kappa shape index (κ1) is 11.5. The largest absolute Gasteiger partial charge is 0.380 e. The van der Waals surface area contributed by atoms with Gasteiger partial charge < -0.3 is 4.74 Å². The van der Waals surface area contributed by atoms with Crippen LogP contribution in [0.2, 0.25) is 0 Å². The third-order valence-electron chi connectivity index (χ3n) is 2.35. The molecule has 14 heavy (non-hydrogen) atoms. The van der Waals surface area contributed by atoms with Crippen LogP contribution in [0.15, 0.2) is 24.3 Å². The van der Waals surface area contributed by atoms with E-state index in [9.17, 15) is 0 Å². The number of alkyl halides is 1. The van der Waals surface area contributed by atoms with E-state index in [1.165, 1.54) is 11.1 Å². The van der Waals surface area contributed by atoms with E-state index in [0.29, 0.717) is 12.5 Å². The van der Waals surface area contributed by atoms with Crippen LogP contribution in [-0.4, -0.2) is 13.0 Å². The standard InChI is InChI=1S/C12H17ClO/c1-12(2,9-13)11-6-4-5-10(7-11)8-14-3/h4-7H,8-9H2,1-3H3. The lowest BCUT2D eigenvalue weighted by atomic mass is 9.86. The Hall–Kier alpha value is -0.530. The van der Waals surface area contributed by atoms with E-state index >= 15 is 0 Å². The first-order valence-corrected chi connectivity index (χ1v) is 5.28. The molecule has 0 spiro atoms. The van der Waals surface area contributed by atoms with Crippen LogP contribution in [0.3, 0.4) is 0 Å². The summed E-state index contributed by atoms with van der Waals surface area (Å²) in [6, 6.07) is 8.39. The monoisotopic (exact) mass is 212 g/mol. The maximum Gasteiger partial charge on any atom is 0.0713 e. The third-order valence-corrected chi connectivity index (χ3v) is 3.02. The van der Waals surface area contributed by atoms with Gasteiger partial charge in [0.2, 0.25) is 0 Å². The number of benzene rings is 1. The Morgan fingerprint density at radius 3 is 2.64 bits per heavy atom. The van der Waals surface area contributed by atoms with E-state index in [1.807, 2.05) is 0 Å². The van der Waals surface area contributed by atoms with Crippen LogP contribution in [-0.2, 0) is 16.8 Å². The minimum atomic E-state index is 0.0330. The van der Waals surface area contributed by atoms with Crippen molar-refractivity contribution < 1.29 is 4.74 Å². The molecule has 0 N–H and O–H groups in total. The zero-order chi connectivity index (χ0) is 10.6. The second-order valence-electron chi connectivity index (χ2n) is 4.15. The number of methoxy groups -OCH3 is 1. The Morgan fingerprint density at radius 2 is 2.07 bits per heavy atom. The van der Waals surface area contributed by atoms with Crippen LogP contribution >= 0.6 is 11.6 Å². The topological polar surface area (TPSA) is 9.23 Å². The number of rotatable bonds is 4. The van der Waals surface area contributed by atoms with Gasteiger partial charge in [0.1, 0.15) is 0 Å². The highest BCUT2D eigenvalue weighted by atomic mass is 35.5. The van der Waals surface area contributed by atoms with Gasteiger partial charge in [0, 0.05) is 18.4 Å². The van der Waals surface area contributed by atoms with Crippen molar-refractivity contribution in [3.8, 4) is 0 Å². The Bertz CT molecular complexity index is 294. The first-order valence-electron chi connectivity index (χ1n) is 4.74. The van der Waals surface area contributed by atoms with E-state index in [4.69, 9.17) is 16.3 Å². The zero-order valence-corrected chi connectivity index (χ0v) is 9.77. The lowest BCUT2D eigenvalue weighted by Gasteiger charge is -2.22. The summed E-state index contributed by atoms with van der Waals surface area (Å²) in [6.45, 7) is 4.95. The summed E-state index contributed by atoms with van der Waals surface area (Å²) in [6.07, 6.45) is 0. The SMILES string of the molecule is COCc1cccc(C(C)(C)CCl)c1. The molecule has 0 aromatic heterocycles. The van der Waals surface area contributed by atoms with Crippen molar-refractivity contribution in [3.63, 3.8) is 0 Å². The van der Waals surface area contributed by atoms with Crippen LogP contribution < -0.4 is 0 Å². The minimum absolute atomic E-state index is 0.0330. The number of ether oxygens (including phenoxy) is 1. The highest BCUT2D eigenvalue weighted by Gasteiger charge is 2.18.